The van der Waals surface area contributed by atoms with Gasteiger partial charge in [-0.1, -0.05) is 0 Å². The lowest BCUT2D eigenvalue weighted by atomic mass is 10.3. The lowest BCUT2D eigenvalue weighted by Gasteiger charge is -2.10. The third kappa shape index (κ3) is 2.83. The second-order valence-electron chi connectivity index (χ2n) is 3.73. The highest BCUT2D eigenvalue weighted by molar-refractivity contribution is 7.91. The maximum absolute atomic E-state index is 13.1. The first kappa shape index (κ1) is 14.2. The molecule has 0 fully saturated rings. The molecular weight excluding hydrogens is 288 g/mol. The summed E-state index contributed by atoms with van der Waals surface area (Å²) in [4.78, 5) is 7.42. The van der Waals surface area contributed by atoms with E-state index in [4.69, 9.17) is 16.9 Å². The second-order valence-corrected chi connectivity index (χ2v) is 5.16. The summed E-state index contributed by atoms with van der Waals surface area (Å²) in [5.74, 6) is -2.25. The second kappa shape index (κ2) is 5.39. The molecule has 0 aliphatic rings. The van der Waals surface area contributed by atoms with E-state index in [1.165, 1.54) is 0 Å². The van der Waals surface area contributed by atoms with Crippen molar-refractivity contribution in [1.82, 2.24) is 9.97 Å². The predicted molar refractivity (Wildman–Crippen MR) is 68.5 cm³/mol. The Morgan fingerprint density at radius 2 is 1.85 bits per heavy atom. The molecule has 5 N–H and O–H groups in total. The number of nitrogens with two attached hydrogens (primary N) is 2. The number of nitrogens with zero attached hydrogens (tertiary/aromatic N) is 2. The molecule has 104 valence electrons. The highest BCUT2D eigenvalue weighted by Gasteiger charge is 2.21. The maximum atomic E-state index is 13.1. The summed E-state index contributed by atoms with van der Waals surface area (Å²) in [6.45, 7) is 0. The minimum Gasteiger partial charge on any atom is -0.605 e. The zero-order valence-electron chi connectivity index (χ0n) is 9.93. The van der Waals surface area contributed by atoms with Crippen molar-refractivity contribution in [2.45, 2.75) is 9.92 Å². The molecule has 0 radical (unpaired) electrons. The van der Waals surface area contributed by atoms with Gasteiger partial charge in [-0.05, 0) is 0 Å². The summed E-state index contributed by atoms with van der Waals surface area (Å²) in [5, 5.41) is 7.16. The quantitative estimate of drug-likeness (QED) is 0.439. The molecule has 9 heteroatoms. The normalized spacial score (nSPS) is 12.2. The smallest absolute Gasteiger partial charge is 0.269 e. The Balaban J connectivity index is 2.45. The van der Waals surface area contributed by atoms with Crippen molar-refractivity contribution in [2.24, 2.45) is 5.73 Å². The van der Waals surface area contributed by atoms with Crippen LogP contribution in [-0.2, 0) is 11.2 Å². The number of halogens is 2. The van der Waals surface area contributed by atoms with Gasteiger partial charge >= 0.3 is 0 Å². The van der Waals surface area contributed by atoms with Gasteiger partial charge in [-0.25, -0.2) is 13.8 Å². The summed E-state index contributed by atoms with van der Waals surface area (Å²) in [5.41, 5.74) is 10.6. The van der Waals surface area contributed by atoms with Gasteiger partial charge < -0.3 is 16.0 Å². The highest BCUT2D eigenvalue weighted by atomic mass is 32.2. The van der Waals surface area contributed by atoms with Crippen LogP contribution in [0.2, 0.25) is 0 Å². The average Bonchev–Trinajstić information content (AvgIpc) is 2.37. The molecule has 6 nitrogen and oxygen atoms in total. The first-order chi connectivity index (χ1) is 9.38. The number of nitrogen functional groups attached to an aromatic ring is 2. The Kier molecular flexibility index (Phi) is 3.81. The number of hydrogen-bond donors (Lipinski definition) is 3. The van der Waals surface area contributed by atoms with Crippen molar-refractivity contribution in [1.29, 1.82) is 5.41 Å². The van der Waals surface area contributed by atoms with Gasteiger partial charge in [-0.15, -0.1) is 0 Å². The zero-order valence-corrected chi connectivity index (χ0v) is 10.7. The molecule has 0 spiro atoms. The molecule has 1 aromatic carbocycles. The van der Waals surface area contributed by atoms with Crippen molar-refractivity contribution in [3.63, 3.8) is 0 Å². The largest absolute Gasteiger partial charge is 0.605 e. The van der Waals surface area contributed by atoms with E-state index in [-0.39, 0.29) is 21.4 Å². The molecule has 1 unspecified atom stereocenters. The van der Waals surface area contributed by atoms with Crippen LogP contribution in [0.5, 0.6) is 0 Å². The molecule has 1 heterocycles. The molecule has 20 heavy (non-hydrogen) atoms. The maximum Gasteiger partial charge on any atom is 0.269 e. The van der Waals surface area contributed by atoms with Crippen molar-refractivity contribution in [2.75, 3.05) is 5.73 Å². The fourth-order valence-corrected chi connectivity index (χ4v) is 2.43. The van der Waals surface area contributed by atoms with Gasteiger partial charge in [0.2, 0.25) is 0 Å². The van der Waals surface area contributed by atoms with Crippen molar-refractivity contribution in [3.05, 3.63) is 41.7 Å². The first-order valence-corrected chi connectivity index (χ1v) is 6.38. The zero-order chi connectivity index (χ0) is 14.9. The van der Waals surface area contributed by atoms with Crippen molar-refractivity contribution in [3.8, 4) is 0 Å². The Morgan fingerprint density at radius 3 is 2.40 bits per heavy atom. The SMILES string of the molecule is N=C(N)c1nc([S+]([O-])c2cc(F)cc(F)c2)cnc1N. The van der Waals surface area contributed by atoms with Crippen LogP contribution in [0.15, 0.2) is 34.3 Å². The molecule has 0 aliphatic carbocycles. The van der Waals surface area contributed by atoms with E-state index >= 15 is 0 Å². The van der Waals surface area contributed by atoms with E-state index in [1.54, 1.807) is 0 Å². The van der Waals surface area contributed by atoms with Crippen LogP contribution in [0.3, 0.4) is 0 Å². The fourth-order valence-electron chi connectivity index (χ4n) is 1.43. The molecular formula is C11H9F2N5OS. The molecule has 0 amide bonds. The Morgan fingerprint density at radius 1 is 1.25 bits per heavy atom. The summed E-state index contributed by atoms with van der Waals surface area (Å²) < 4.78 is 38.3. The molecule has 0 saturated heterocycles. The van der Waals surface area contributed by atoms with Crippen LogP contribution in [0, 0.1) is 17.0 Å². The standard InChI is InChI=1S/C11H9F2N5OS/c12-5-1-6(13)3-7(2-5)20(19)8-4-17-11(16)9(18-8)10(14)15/h1-4H,(H3,14,15)(H2,16,17). The monoisotopic (exact) mass is 297 g/mol. The lowest BCUT2D eigenvalue weighted by Crippen LogP contribution is -2.19. The highest BCUT2D eigenvalue weighted by Crippen LogP contribution is 2.21. The number of rotatable bonds is 3. The summed E-state index contributed by atoms with van der Waals surface area (Å²) in [6.07, 6.45) is 1.10. The summed E-state index contributed by atoms with van der Waals surface area (Å²) >= 11 is -1.96. The average molecular weight is 297 g/mol. The van der Waals surface area contributed by atoms with Crippen LogP contribution >= 0.6 is 0 Å². The molecule has 1 atom stereocenters. The Labute approximate surface area is 115 Å². The Hall–Kier alpha value is -2.26. The predicted octanol–water partition coefficient (Wildman–Crippen LogP) is 0.788. The van der Waals surface area contributed by atoms with Crippen LogP contribution in [0.4, 0.5) is 14.6 Å². The minimum absolute atomic E-state index is 0.0938. The van der Waals surface area contributed by atoms with Crippen LogP contribution in [0.1, 0.15) is 5.69 Å². The van der Waals surface area contributed by atoms with E-state index in [9.17, 15) is 13.3 Å². The molecule has 2 rings (SSSR count). The lowest BCUT2D eigenvalue weighted by molar-refractivity contribution is 0.565. The molecule has 2 aromatic rings. The number of amidine groups is 1. The summed E-state index contributed by atoms with van der Waals surface area (Å²) in [6, 6.07) is 2.51. The van der Waals surface area contributed by atoms with Crippen LogP contribution < -0.4 is 11.5 Å². The molecule has 0 aliphatic heterocycles. The van der Waals surface area contributed by atoms with E-state index in [2.05, 4.69) is 9.97 Å². The molecule has 0 saturated carbocycles. The van der Waals surface area contributed by atoms with Gasteiger partial charge in [0.15, 0.2) is 16.4 Å². The summed E-state index contributed by atoms with van der Waals surface area (Å²) in [7, 11) is 0. The molecule has 0 bridgehead atoms. The van der Waals surface area contributed by atoms with Crippen molar-refractivity contribution >= 4 is 22.8 Å². The number of hydrogen-bond acceptors (Lipinski definition) is 5. The third-order valence-corrected chi connectivity index (χ3v) is 3.51. The van der Waals surface area contributed by atoms with E-state index in [0.29, 0.717) is 6.07 Å². The van der Waals surface area contributed by atoms with Gasteiger partial charge in [0.05, 0.1) is 0 Å². The van der Waals surface area contributed by atoms with Gasteiger partial charge in [-0.2, -0.15) is 4.98 Å². The number of benzene rings is 1. The van der Waals surface area contributed by atoms with Gasteiger partial charge in [-0.3, -0.25) is 5.41 Å². The van der Waals surface area contributed by atoms with Crippen molar-refractivity contribution < 1.29 is 13.3 Å². The van der Waals surface area contributed by atoms with Gasteiger partial charge in [0, 0.05) is 29.4 Å². The molecule has 1 aromatic heterocycles. The number of anilines is 1. The van der Waals surface area contributed by atoms with E-state index in [0.717, 1.165) is 18.3 Å². The third-order valence-electron chi connectivity index (χ3n) is 2.27. The van der Waals surface area contributed by atoms with Crippen LogP contribution in [-0.4, -0.2) is 20.4 Å². The van der Waals surface area contributed by atoms with E-state index < -0.39 is 28.6 Å². The van der Waals surface area contributed by atoms with Gasteiger partial charge in [0.1, 0.15) is 23.7 Å². The van der Waals surface area contributed by atoms with Crippen LogP contribution in [0.25, 0.3) is 0 Å². The minimum atomic E-state index is -1.96. The topological polar surface area (TPSA) is 125 Å². The van der Waals surface area contributed by atoms with Gasteiger partial charge in [0.25, 0.3) is 5.03 Å². The fraction of sp³-hybridized carbons (Fsp3) is 0. The number of aromatic nitrogens is 2. The van der Waals surface area contributed by atoms with E-state index in [1.807, 2.05) is 0 Å². The first-order valence-electron chi connectivity index (χ1n) is 5.23. The number of nitrogens with one attached hydrogen (secondary N) is 1. The Bertz CT molecular complexity index is 662.